The molecule has 0 aliphatic rings. The van der Waals surface area contributed by atoms with Gasteiger partial charge >= 0.3 is 0 Å². The molecule has 0 aromatic heterocycles. The molecular weight excluding hydrogens is 246 g/mol. The summed E-state index contributed by atoms with van der Waals surface area (Å²) in [6.45, 7) is 5.89. The first kappa shape index (κ1) is 14.8. The summed E-state index contributed by atoms with van der Waals surface area (Å²) in [6, 6.07) is 17.3. The highest BCUT2D eigenvalue weighted by Crippen LogP contribution is 2.18. The molecule has 0 amide bonds. The van der Waals surface area contributed by atoms with Gasteiger partial charge in [-0.15, -0.1) is 0 Å². The molecule has 20 heavy (non-hydrogen) atoms. The predicted octanol–water partition coefficient (Wildman–Crippen LogP) is 3.99. The molecule has 0 bridgehead atoms. The third-order valence-electron chi connectivity index (χ3n) is 3.67. The smallest absolute Gasteiger partial charge is 0.0716 e. The van der Waals surface area contributed by atoms with Crippen molar-refractivity contribution in [3.05, 3.63) is 70.8 Å². The monoisotopic (exact) mass is 269 g/mol. The van der Waals surface area contributed by atoms with Gasteiger partial charge in [0.25, 0.3) is 0 Å². The van der Waals surface area contributed by atoms with Crippen molar-refractivity contribution in [3.8, 4) is 0 Å². The second-order valence-electron chi connectivity index (χ2n) is 5.16. The maximum Gasteiger partial charge on any atom is 0.0716 e. The summed E-state index contributed by atoms with van der Waals surface area (Å²) in [5.74, 6) is 0. The van der Waals surface area contributed by atoms with Crippen LogP contribution >= 0.6 is 0 Å². The maximum absolute atomic E-state index is 5.25. The summed E-state index contributed by atoms with van der Waals surface area (Å²) >= 11 is 0. The van der Waals surface area contributed by atoms with Crippen LogP contribution in [0.2, 0.25) is 0 Å². The molecule has 106 valence electrons. The van der Waals surface area contributed by atoms with E-state index in [0.717, 1.165) is 6.54 Å². The lowest BCUT2D eigenvalue weighted by molar-refractivity contribution is 0.184. The van der Waals surface area contributed by atoms with Gasteiger partial charge in [0, 0.05) is 19.7 Å². The number of rotatable bonds is 6. The number of aryl methyl sites for hydroxylation is 1. The van der Waals surface area contributed by atoms with Crippen molar-refractivity contribution in [2.75, 3.05) is 7.11 Å². The van der Waals surface area contributed by atoms with Gasteiger partial charge in [-0.2, -0.15) is 0 Å². The Kier molecular flexibility index (Phi) is 5.33. The van der Waals surface area contributed by atoms with E-state index in [1.807, 2.05) is 0 Å². The van der Waals surface area contributed by atoms with Gasteiger partial charge in [-0.1, -0.05) is 48.5 Å². The lowest BCUT2D eigenvalue weighted by atomic mass is 10.0. The lowest BCUT2D eigenvalue weighted by Crippen LogP contribution is -2.19. The molecule has 0 radical (unpaired) electrons. The summed E-state index contributed by atoms with van der Waals surface area (Å²) in [6.07, 6.45) is 0. The van der Waals surface area contributed by atoms with Gasteiger partial charge in [-0.25, -0.2) is 0 Å². The minimum absolute atomic E-state index is 0.340. The first-order valence-electron chi connectivity index (χ1n) is 7.07. The van der Waals surface area contributed by atoms with E-state index < -0.39 is 0 Å². The summed E-state index contributed by atoms with van der Waals surface area (Å²) < 4.78 is 5.25. The number of hydrogen-bond acceptors (Lipinski definition) is 2. The zero-order valence-corrected chi connectivity index (χ0v) is 12.5. The third-order valence-corrected chi connectivity index (χ3v) is 3.67. The summed E-state index contributed by atoms with van der Waals surface area (Å²) in [7, 11) is 1.74. The molecule has 0 spiro atoms. The molecule has 1 atom stereocenters. The van der Waals surface area contributed by atoms with E-state index in [2.05, 4.69) is 67.7 Å². The Bertz CT molecular complexity index is 551. The van der Waals surface area contributed by atoms with Crippen LogP contribution in [0.25, 0.3) is 0 Å². The van der Waals surface area contributed by atoms with Crippen LogP contribution in [0, 0.1) is 6.92 Å². The van der Waals surface area contributed by atoms with Gasteiger partial charge in [0.1, 0.15) is 0 Å². The molecule has 0 heterocycles. The van der Waals surface area contributed by atoms with Crippen molar-refractivity contribution in [2.45, 2.75) is 33.0 Å². The Morgan fingerprint density at radius 3 is 2.35 bits per heavy atom. The molecule has 2 nitrogen and oxygen atoms in total. The number of benzene rings is 2. The van der Waals surface area contributed by atoms with Crippen LogP contribution in [-0.2, 0) is 17.9 Å². The molecular formula is C18H23NO. The maximum atomic E-state index is 5.25. The Hall–Kier alpha value is -1.64. The van der Waals surface area contributed by atoms with Crippen molar-refractivity contribution in [1.82, 2.24) is 5.32 Å². The Labute approximate surface area is 121 Å². The standard InChI is InChI=1S/C18H23NO/c1-14-8-4-7-11-18(14)15(2)19-12-16-9-5-6-10-17(16)13-20-3/h4-11,15,19H,12-13H2,1-3H3/t15-/m1/s1. The molecule has 1 N–H and O–H groups in total. The zero-order chi connectivity index (χ0) is 14.4. The number of hydrogen-bond donors (Lipinski definition) is 1. The van der Waals surface area contributed by atoms with Crippen LogP contribution < -0.4 is 5.32 Å². The van der Waals surface area contributed by atoms with Crippen molar-refractivity contribution in [2.24, 2.45) is 0 Å². The molecule has 0 saturated carbocycles. The number of nitrogens with one attached hydrogen (secondary N) is 1. The molecule has 0 aliphatic carbocycles. The van der Waals surface area contributed by atoms with Crippen molar-refractivity contribution in [3.63, 3.8) is 0 Å². The van der Waals surface area contributed by atoms with Gasteiger partial charge in [-0.05, 0) is 36.1 Å². The van der Waals surface area contributed by atoms with Gasteiger partial charge in [0.15, 0.2) is 0 Å². The summed E-state index contributed by atoms with van der Waals surface area (Å²) in [4.78, 5) is 0. The largest absolute Gasteiger partial charge is 0.380 e. The zero-order valence-electron chi connectivity index (χ0n) is 12.5. The van der Waals surface area contributed by atoms with E-state index in [9.17, 15) is 0 Å². The molecule has 0 fully saturated rings. The Balaban J connectivity index is 2.04. The van der Waals surface area contributed by atoms with Gasteiger partial charge < -0.3 is 10.1 Å². The normalized spacial score (nSPS) is 12.3. The van der Waals surface area contributed by atoms with Crippen LogP contribution in [0.3, 0.4) is 0 Å². The minimum atomic E-state index is 0.340. The van der Waals surface area contributed by atoms with Gasteiger partial charge in [0.2, 0.25) is 0 Å². The van der Waals surface area contributed by atoms with Crippen molar-refractivity contribution in [1.29, 1.82) is 0 Å². The quantitative estimate of drug-likeness (QED) is 0.856. The number of methoxy groups -OCH3 is 1. The Morgan fingerprint density at radius 1 is 1.00 bits per heavy atom. The second-order valence-corrected chi connectivity index (χ2v) is 5.16. The summed E-state index contributed by atoms with van der Waals surface area (Å²) in [5.41, 5.74) is 5.24. The fourth-order valence-electron chi connectivity index (χ4n) is 2.47. The Morgan fingerprint density at radius 2 is 1.65 bits per heavy atom. The van der Waals surface area contributed by atoms with Crippen LogP contribution in [0.4, 0.5) is 0 Å². The van der Waals surface area contributed by atoms with E-state index in [4.69, 9.17) is 4.74 Å². The molecule has 2 heteroatoms. The molecule has 0 saturated heterocycles. The highest BCUT2D eigenvalue weighted by molar-refractivity contribution is 5.29. The highest BCUT2D eigenvalue weighted by atomic mass is 16.5. The highest BCUT2D eigenvalue weighted by Gasteiger charge is 2.08. The topological polar surface area (TPSA) is 21.3 Å². The average Bonchev–Trinajstić information content (AvgIpc) is 2.47. The van der Waals surface area contributed by atoms with Crippen LogP contribution in [0.5, 0.6) is 0 Å². The second kappa shape index (κ2) is 7.22. The van der Waals surface area contributed by atoms with E-state index in [1.165, 1.54) is 22.3 Å². The minimum Gasteiger partial charge on any atom is -0.380 e. The first-order chi connectivity index (χ1) is 9.72. The molecule has 0 unspecified atom stereocenters. The molecule has 0 aliphatic heterocycles. The van der Waals surface area contributed by atoms with E-state index in [1.54, 1.807) is 7.11 Å². The van der Waals surface area contributed by atoms with Crippen LogP contribution in [0.1, 0.15) is 35.2 Å². The van der Waals surface area contributed by atoms with E-state index in [-0.39, 0.29) is 0 Å². The number of ether oxygens (including phenoxy) is 1. The van der Waals surface area contributed by atoms with Crippen molar-refractivity contribution < 1.29 is 4.74 Å². The average molecular weight is 269 g/mol. The van der Waals surface area contributed by atoms with Gasteiger partial charge in [-0.3, -0.25) is 0 Å². The fourth-order valence-corrected chi connectivity index (χ4v) is 2.47. The van der Waals surface area contributed by atoms with E-state index >= 15 is 0 Å². The van der Waals surface area contributed by atoms with Gasteiger partial charge in [0.05, 0.1) is 6.61 Å². The summed E-state index contributed by atoms with van der Waals surface area (Å²) in [5, 5.41) is 3.60. The van der Waals surface area contributed by atoms with Crippen molar-refractivity contribution >= 4 is 0 Å². The molecule has 2 rings (SSSR count). The van der Waals surface area contributed by atoms with Crippen LogP contribution in [0.15, 0.2) is 48.5 Å². The first-order valence-corrected chi connectivity index (χ1v) is 7.07. The van der Waals surface area contributed by atoms with E-state index in [0.29, 0.717) is 12.6 Å². The SMILES string of the molecule is COCc1ccccc1CN[C@H](C)c1ccccc1C. The van der Waals surface area contributed by atoms with Crippen LogP contribution in [-0.4, -0.2) is 7.11 Å². The lowest BCUT2D eigenvalue weighted by Gasteiger charge is -2.18. The fraction of sp³-hybridized carbons (Fsp3) is 0.333. The third kappa shape index (κ3) is 3.69. The molecule has 2 aromatic carbocycles. The molecule has 2 aromatic rings. The predicted molar refractivity (Wildman–Crippen MR) is 83.6 cm³/mol.